The van der Waals surface area contributed by atoms with Crippen molar-refractivity contribution >= 4 is 46.2 Å². The summed E-state index contributed by atoms with van der Waals surface area (Å²) < 4.78 is 10.2. The van der Waals surface area contributed by atoms with Crippen LogP contribution in [0.5, 0.6) is 5.75 Å². The van der Waals surface area contributed by atoms with Crippen molar-refractivity contribution in [2.75, 3.05) is 37.8 Å². The Labute approximate surface area is 269 Å². The van der Waals surface area contributed by atoms with E-state index in [1.54, 1.807) is 48.9 Å². The molecule has 13 heteroatoms. The average molecular weight is 642 g/mol. The van der Waals surface area contributed by atoms with Crippen LogP contribution in [-0.2, 0) is 0 Å². The molecule has 2 aliphatic heterocycles. The molecule has 1 atom stereocenters. The predicted octanol–water partition coefficient (Wildman–Crippen LogP) is 5.36. The number of piperidine rings is 1. The molecule has 0 amide bonds. The number of ether oxygens (including phenoxy) is 1. The van der Waals surface area contributed by atoms with Crippen molar-refractivity contribution in [1.82, 2.24) is 39.3 Å². The molecule has 45 heavy (non-hydrogen) atoms. The lowest BCUT2D eigenvalue weighted by Crippen LogP contribution is -2.35. The zero-order chi connectivity index (χ0) is 30.8. The van der Waals surface area contributed by atoms with Gasteiger partial charge in [0.15, 0.2) is 0 Å². The second kappa shape index (κ2) is 13.1. The molecule has 6 heterocycles. The van der Waals surface area contributed by atoms with Gasteiger partial charge in [0.05, 0.1) is 28.7 Å². The SMILES string of the molecule is CSN1CCC(n2c(=O)c(-c3ncc(-c4ccnnc4)cc3Cl)cc3cnc(Nc4ccc(OC5CCNC5)cc4)nc32)CC1. The van der Waals surface area contributed by atoms with Crippen LogP contribution in [0.4, 0.5) is 11.6 Å². The highest BCUT2D eigenvalue weighted by Crippen LogP contribution is 2.33. The molecule has 4 aromatic heterocycles. The van der Waals surface area contributed by atoms with Crippen LogP contribution in [0.25, 0.3) is 33.4 Å². The second-order valence-electron chi connectivity index (χ2n) is 11.1. The number of rotatable bonds is 8. The highest BCUT2D eigenvalue weighted by Gasteiger charge is 2.26. The number of anilines is 2. The van der Waals surface area contributed by atoms with Gasteiger partial charge in [-0.2, -0.15) is 15.2 Å². The van der Waals surface area contributed by atoms with Crippen LogP contribution >= 0.6 is 23.5 Å². The third kappa shape index (κ3) is 6.36. The molecule has 2 N–H and O–H groups in total. The van der Waals surface area contributed by atoms with Gasteiger partial charge in [0.2, 0.25) is 5.95 Å². The fourth-order valence-electron chi connectivity index (χ4n) is 5.89. The van der Waals surface area contributed by atoms with Gasteiger partial charge >= 0.3 is 0 Å². The van der Waals surface area contributed by atoms with Gasteiger partial charge in [-0.15, -0.1) is 0 Å². The quantitative estimate of drug-likeness (QED) is 0.213. The zero-order valence-electron chi connectivity index (χ0n) is 24.7. The Hall–Kier alpha value is -4.10. The maximum Gasteiger partial charge on any atom is 0.261 e. The summed E-state index contributed by atoms with van der Waals surface area (Å²) in [6.07, 6.45) is 11.6. The number of fused-ring (bicyclic) bond motifs is 1. The molecule has 0 saturated carbocycles. The molecule has 0 spiro atoms. The molecule has 2 aliphatic rings. The molecular formula is C32H32ClN9O2S. The zero-order valence-corrected chi connectivity index (χ0v) is 26.3. The number of aromatic nitrogens is 6. The molecule has 1 unspecified atom stereocenters. The normalized spacial score (nSPS) is 17.5. The van der Waals surface area contributed by atoms with Gasteiger partial charge in [0, 0.05) is 60.3 Å². The van der Waals surface area contributed by atoms with E-state index in [0.29, 0.717) is 27.9 Å². The number of nitrogens with zero attached hydrogens (tertiary/aromatic N) is 7. The summed E-state index contributed by atoms with van der Waals surface area (Å²) >= 11 is 8.51. The van der Waals surface area contributed by atoms with Crippen molar-refractivity contribution in [2.24, 2.45) is 0 Å². The Bertz CT molecular complexity index is 1860. The Morgan fingerprint density at radius 2 is 1.84 bits per heavy atom. The molecule has 1 aromatic carbocycles. The monoisotopic (exact) mass is 641 g/mol. The molecule has 7 rings (SSSR count). The van der Waals surface area contributed by atoms with E-state index in [4.69, 9.17) is 21.3 Å². The molecule has 5 aromatic rings. The Morgan fingerprint density at radius 3 is 2.56 bits per heavy atom. The van der Waals surface area contributed by atoms with E-state index < -0.39 is 0 Å². The Morgan fingerprint density at radius 1 is 1.00 bits per heavy atom. The maximum absolute atomic E-state index is 14.3. The van der Waals surface area contributed by atoms with E-state index in [1.807, 2.05) is 34.9 Å². The molecule has 2 fully saturated rings. The number of nitrogens with one attached hydrogen (secondary N) is 2. The van der Waals surface area contributed by atoms with E-state index in [2.05, 4.69) is 41.4 Å². The lowest BCUT2D eigenvalue weighted by Gasteiger charge is -2.31. The summed E-state index contributed by atoms with van der Waals surface area (Å²) in [4.78, 5) is 28.4. The lowest BCUT2D eigenvalue weighted by molar-refractivity contribution is 0.223. The summed E-state index contributed by atoms with van der Waals surface area (Å²) in [7, 11) is 0. The van der Waals surface area contributed by atoms with Gasteiger partial charge in [-0.3, -0.25) is 18.7 Å². The number of halogens is 1. The maximum atomic E-state index is 14.3. The summed E-state index contributed by atoms with van der Waals surface area (Å²) in [6.45, 7) is 3.59. The number of hydrogen-bond acceptors (Lipinski definition) is 11. The first-order valence-corrected chi connectivity index (χ1v) is 16.5. The first kappa shape index (κ1) is 29.6. The molecule has 230 valence electrons. The van der Waals surface area contributed by atoms with Crippen molar-refractivity contribution in [3.8, 4) is 28.1 Å². The first-order chi connectivity index (χ1) is 22.1. The minimum atomic E-state index is -0.176. The predicted molar refractivity (Wildman–Crippen MR) is 178 cm³/mol. The van der Waals surface area contributed by atoms with Gasteiger partial charge in [0.1, 0.15) is 17.5 Å². The summed E-state index contributed by atoms with van der Waals surface area (Å²) in [5.41, 5.74) is 3.69. The molecular weight excluding hydrogens is 610 g/mol. The van der Waals surface area contributed by atoms with E-state index in [1.165, 1.54) is 0 Å². The van der Waals surface area contributed by atoms with Gasteiger partial charge in [-0.05, 0) is 74.5 Å². The van der Waals surface area contributed by atoms with E-state index in [-0.39, 0.29) is 17.7 Å². The number of pyridine rings is 2. The van der Waals surface area contributed by atoms with Crippen molar-refractivity contribution in [1.29, 1.82) is 0 Å². The average Bonchev–Trinajstić information content (AvgIpc) is 3.59. The van der Waals surface area contributed by atoms with Gasteiger partial charge in [-0.1, -0.05) is 23.5 Å². The third-order valence-electron chi connectivity index (χ3n) is 8.26. The number of hydrogen-bond donors (Lipinski definition) is 2. The third-order valence-corrected chi connectivity index (χ3v) is 9.43. The Balaban J connectivity index is 1.24. The van der Waals surface area contributed by atoms with Crippen molar-refractivity contribution < 1.29 is 4.74 Å². The standard InChI is InChI=1S/C32H32ClN9O2S/c1-45-41-12-8-24(9-13-41)42-30-22(14-27(31(42)43)29-28(33)15-21(16-35-29)20-6-11-37-38-18-20)17-36-32(40-30)39-23-2-4-25(5-3-23)44-26-7-10-34-19-26/h2-6,11,14-18,24,26,34H,7-10,12-13,19H2,1H3,(H,36,39,40). The van der Waals surface area contributed by atoms with E-state index in [9.17, 15) is 4.79 Å². The topological polar surface area (TPSA) is 123 Å². The van der Waals surface area contributed by atoms with E-state index >= 15 is 0 Å². The van der Waals surface area contributed by atoms with Crippen molar-refractivity contribution in [2.45, 2.75) is 31.4 Å². The van der Waals surface area contributed by atoms with Gasteiger partial charge in [0.25, 0.3) is 5.56 Å². The second-order valence-corrected chi connectivity index (χ2v) is 12.4. The summed E-state index contributed by atoms with van der Waals surface area (Å²) in [5, 5.41) is 15.5. The van der Waals surface area contributed by atoms with Crippen molar-refractivity contribution in [3.63, 3.8) is 0 Å². The summed E-state index contributed by atoms with van der Waals surface area (Å²) in [5.74, 6) is 1.23. The Kier molecular flexibility index (Phi) is 8.61. The van der Waals surface area contributed by atoms with Crippen LogP contribution in [0.1, 0.15) is 25.3 Å². The van der Waals surface area contributed by atoms with Crippen LogP contribution in [0.3, 0.4) is 0 Å². The number of benzene rings is 1. The lowest BCUT2D eigenvalue weighted by atomic mass is 10.0. The fraction of sp³-hybridized carbons (Fsp3) is 0.312. The van der Waals surface area contributed by atoms with E-state index in [0.717, 1.165) is 73.4 Å². The van der Waals surface area contributed by atoms with Crippen LogP contribution in [0.15, 0.2) is 72.0 Å². The van der Waals surface area contributed by atoms with Crippen molar-refractivity contribution in [3.05, 3.63) is 82.6 Å². The largest absolute Gasteiger partial charge is 0.489 e. The van der Waals surface area contributed by atoms with Crippen LogP contribution < -0.4 is 20.9 Å². The molecule has 11 nitrogen and oxygen atoms in total. The van der Waals surface area contributed by atoms with Crippen LogP contribution in [0.2, 0.25) is 5.02 Å². The van der Waals surface area contributed by atoms with Crippen LogP contribution in [0, 0.1) is 0 Å². The molecule has 0 bridgehead atoms. The van der Waals surface area contributed by atoms with Crippen LogP contribution in [-0.4, -0.2) is 72.6 Å². The highest BCUT2D eigenvalue weighted by molar-refractivity contribution is 7.96. The fourth-order valence-corrected chi connectivity index (χ4v) is 6.74. The van der Waals surface area contributed by atoms with Gasteiger partial charge in [-0.25, -0.2) is 4.98 Å². The van der Waals surface area contributed by atoms with Gasteiger partial charge < -0.3 is 15.4 Å². The molecule has 0 radical (unpaired) electrons. The first-order valence-electron chi connectivity index (χ1n) is 14.9. The minimum absolute atomic E-state index is 0.0337. The summed E-state index contributed by atoms with van der Waals surface area (Å²) in [6, 6.07) is 13.2. The highest BCUT2D eigenvalue weighted by atomic mass is 35.5. The minimum Gasteiger partial charge on any atom is -0.489 e. The smallest absolute Gasteiger partial charge is 0.261 e. The molecule has 0 aliphatic carbocycles. The molecule has 2 saturated heterocycles.